The molecule has 1 N–H and O–H groups in total. The maximum Gasteiger partial charge on any atom is 0.0605 e. The molecule has 1 heterocycles. The van der Waals surface area contributed by atoms with Crippen LogP contribution in [0.3, 0.4) is 0 Å². The molecule has 0 amide bonds. The Balaban J connectivity index is 1.88. The predicted octanol–water partition coefficient (Wildman–Crippen LogP) is 2.39. The number of nitrogens with one attached hydrogen (secondary N) is 1. The van der Waals surface area contributed by atoms with Crippen LogP contribution in [0, 0.1) is 0 Å². The summed E-state index contributed by atoms with van der Waals surface area (Å²) in [6, 6.07) is 5.34. The smallest absolute Gasteiger partial charge is 0.0605 e. The van der Waals surface area contributed by atoms with Crippen molar-refractivity contribution >= 4 is 0 Å². The van der Waals surface area contributed by atoms with Crippen molar-refractivity contribution in [1.29, 1.82) is 0 Å². The van der Waals surface area contributed by atoms with Gasteiger partial charge in [-0.25, -0.2) is 0 Å². The first-order valence-corrected chi connectivity index (χ1v) is 7.06. The summed E-state index contributed by atoms with van der Waals surface area (Å²) in [5.74, 6) is 0. The molecule has 3 nitrogen and oxygen atoms in total. The Hall–Kier alpha value is -0.930. The summed E-state index contributed by atoms with van der Waals surface area (Å²) in [6.07, 6.45) is 5.60. The summed E-state index contributed by atoms with van der Waals surface area (Å²) in [6.45, 7) is 6.60. The van der Waals surface area contributed by atoms with Crippen molar-refractivity contribution in [3.8, 4) is 0 Å². The average Bonchev–Trinajstić information content (AvgIpc) is 2.38. The van der Waals surface area contributed by atoms with E-state index in [-0.39, 0.29) is 0 Å². The number of aryl methyl sites for hydroxylation is 1. The molecular weight excluding hydrogens is 222 g/mol. The van der Waals surface area contributed by atoms with Gasteiger partial charge in [-0.15, -0.1) is 0 Å². The Kier molecular flexibility index (Phi) is 4.72. The third-order valence-electron chi connectivity index (χ3n) is 3.93. The highest BCUT2D eigenvalue weighted by Crippen LogP contribution is 2.27. The Morgan fingerprint density at radius 1 is 1.50 bits per heavy atom. The van der Waals surface area contributed by atoms with E-state index in [9.17, 15) is 0 Å². The van der Waals surface area contributed by atoms with Crippen LogP contribution in [0.4, 0.5) is 0 Å². The van der Waals surface area contributed by atoms with Gasteiger partial charge in [0, 0.05) is 31.4 Å². The van der Waals surface area contributed by atoms with Crippen molar-refractivity contribution in [2.24, 2.45) is 0 Å². The van der Waals surface area contributed by atoms with Crippen molar-refractivity contribution in [1.82, 2.24) is 15.2 Å². The van der Waals surface area contributed by atoms with Crippen LogP contribution in [-0.2, 0) is 6.42 Å². The highest BCUT2D eigenvalue weighted by molar-refractivity contribution is 5.25. The van der Waals surface area contributed by atoms with Crippen LogP contribution in [0.15, 0.2) is 18.3 Å². The van der Waals surface area contributed by atoms with Crippen molar-refractivity contribution < 1.29 is 0 Å². The molecule has 3 heteroatoms. The fourth-order valence-electron chi connectivity index (χ4n) is 2.48. The quantitative estimate of drug-likeness (QED) is 0.866. The molecule has 0 aliphatic heterocycles. The topological polar surface area (TPSA) is 28.2 Å². The second-order valence-corrected chi connectivity index (χ2v) is 5.52. The van der Waals surface area contributed by atoms with Gasteiger partial charge in [-0.1, -0.05) is 6.07 Å². The van der Waals surface area contributed by atoms with Gasteiger partial charge in [-0.2, -0.15) is 0 Å². The van der Waals surface area contributed by atoms with E-state index in [1.807, 2.05) is 12.3 Å². The van der Waals surface area contributed by atoms with Gasteiger partial charge in [0.25, 0.3) is 0 Å². The van der Waals surface area contributed by atoms with Gasteiger partial charge in [0.1, 0.15) is 0 Å². The monoisotopic (exact) mass is 247 g/mol. The second-order valence-electron chi connectivity index (χ2n) is 5.52. The molecule has 0 bridgehead atoms. The maximum atomic E-state index is 4.56. The summed E-state index contributed by atoms with van der Waals surface area (Å²) in [7, 11) is 2.18. The first-order valence-electron chi connectivity index (χ1n) is 7.06. The molecule has 0 aromatic carbocycles. The van der Waals surface area contributed by atoms with E-state index in [1.165, 1.54) is 30.5 Å². The molecule has 0 radical (unpaired) electrons. The van der Waals surface area contributed by atoms with Gasteiger partial charge < -0.3 is 10.2 Å². The third kappa shape index (κ3) is 3.30. The van der Waals surface area contributed by atoms with Crippen LogP contribution in [0.1, 0.15) is 44.0 Å². The van der Waals surface area contributed by atoms with Crippen LogP contribution < -0.4 is 5.32 Å². The van der Waals surface area contributed by atoms with E-state index >= 15 is 0 Å². The molecule has 1 unspecified atom stereocenters. The van der Waals surface area contributed by atoms with E-state index < -0.39 is 0 Å². The number of aromatic nitrogens is 1. The molecule has 100 valence electrons. The van der Waals surface area contributed by atoms with Crippen molar-refractivity contribution in [3.05, 3.63) is 29.6 Å². The number of rotatable bonds is 5. The predicted molar refractivity (Wildman–Crippen MR) is 75.7 cm³/mol. The number of nitrogens with zero attached hydrogens (tertiary/aromatic N) is 2. The van der Waals surface area contributed by atoms with Crippen molar-refractivity contribution in [3.63, 3.8) is 0 Å². The fourth-order valence-corrected chi connectivity index (χ4v) is 2.48. The molecule has 18 heavy (non-hydrogen) atoms. The lowest BCUT2D eigenvalue weighted by Crippen LogP contribution is -2.36. The van der Waals surface area contributed by atoms with E-state index in [0.29, 0.717) is 12.1 Å². The lowest BCUT2D eigenvalue weighted by molar-refractivity contribution is 0.266. The summed E-state index contributed by atoms with van der Waals surface area (Å²) >= 11 is 0. The fraction of sp³-hybridized carbons (Fsp3) is 0.667. The van der Waals surface area contributed by atoms with E-state index in [2.05, 4.69) is 42.2 Å². The minimum Gasteiger partial charge on any atom is -0.307 e. The largest absolute Gasteiger partial charge is 0.307 e. The average molecular weight is 247 g/mol. The lowest BCUT2D eigenvalue weighted by atomic mass is 9.92. The highest BCUT2D eigenvalue weighted by atomic mass is 15.1. The zero-order valence-electron chi connectivity index (χ0n) is 11.8. The van der Waals surface area contributed by atoms with Gasteiger partial charge in [-0.3, -0.25) is 4.98 Å². The van der Waals surface area contributed by atoms with Crippen molar-refractivity contribution in [2.45, 2.75) is 45.2 Å². The second kappa shape index (κ2) is 6.30. The minimum absolute atomic E-state index is 0.454. The summed E-state index contributed by atoms with van der Waals surface area (Å²) in [4.78, 5) is 6.93. The van der Waals surface area contributed by atoms with Gasteiger partial charge in [0.2, 0.25) is 0 Å². The molecule has 1 aliphatic carbocycles. The molecule has 2 rings (SSSR count). The summed E-state index contributed by atoms with van der Waals surface area (Å²) < 4.78 is 0. The van der Waals surface area contributed by atoms with E-state index in [1.54, 1.807) is 0 Å². The summed E-state index contributed by atoms with van der Waals surface area (Å²) in [5, 5.41) is 3.66. The SMILES string of the molecule is CC(C)N(C)CCNC1CCCc2cccnc21. The molecule has 0 fully saturated rings. The molecular formula is C15H25N3. The Bertz CT molecular complexity index is 376. The normalized spacial score (nSPS) is 19.3. The van der Waals surface area contributed by atoms with Crippen LogP contribution in [0.25, 0.3) is 0 Å². The van der Waals surface area contributed by atoms with Crippen LogP contribution in [0.5, 0.6) is 0 Å². The van der Waals surface area contributed by atoms with Crippen LogP contribution in [0.2, 0.25) is 0 Å². The Morgan fingerprint density at radius 2 is 2.33 bits per heavy atom. The zero-order chi connectivity index (χ0) is 13.0. The van der Waals surface area contributed by atoms with Crippen LogP contribution >= 0.6 is 0 Å². The molecule has 1 atom stereocenters. The molecule has 1 aliphatic rings. The lowest BCUT2D eigenvalue weighted by Gasteiger charge is -2.27. The number of pyridine rings is 1. The minimum atomic E-state index is 0.454. The number of fused-ring (bicyclic) bond motifs is 1. The Labute approximate surface area is 111 Å². The number of hydrogen-bond donors (Lipinski definition) is 1. The third-order valence-corrected chi connectivity index (χ3v) is 3.93. The van der Waals surface area contributed by atoms with Crippen molar-refractivity contribution in [2.75, 3.05) is 20.1 Å². The molecule has 1 aromatic heterocycles. The number of hydrogen-bond acceptors (Lipinski definition) is 3. The summed E-state index contributed by atoms with van der Waals surface area (Å²) in [5.41, 5.74) is 2.70. The first kappa shape index (κ1) is 13.5. The zero-order valence-corrected chi connectivity index (χ0v) is 11.8. The van der Waals surface area contributed by atoms with E-state index in [0.717, 1.165) is 13.1 Å². The Morgan fingerprint density at radius 3 is 3.11 bits per heavy atom. The molecule has 0 saturated carbocycles. The molecule has 0 spiro atoms. The van der Waals surface area contributed by atoms with Crippen LogP contribution in [-0.4, -0.2) is 36.1 Å². The van der Waals surface area contributed by atoms with Gasteiger partial charge in [-0.05, 0) is 51.8 Å². The molecule has 0 saturated heterocycles. The van der Waals surface area contributed by atoms with Gasteiger partial charge in [0.15, 0.2) is 0 Å². The molecule has 1 aromatic rings. The standard InChI is InChI=1S/C15H25N3/c1-12(2)18(3)11-10-16-14-8-4-6-13-7-5-9-17-15(13)14/h5,7,9,12,14,16H,4,6,8,10-11H2,1-3H3. The number of likely N-dealkylation sites (N-methyl/N-ethyl adjacent to an activating group) is 1. The van der Waals surface area contributed by atoms with Gasteiger partial charge >= 0.3 is 0 Å². The van der Waals surface area contributed by atoms with E-state index in [4.69, 9.17) is 0 Å². The first-order chi connectivity index (χ1) is 8.68. The van der Waals surface area contributed by atoms with Gasteiger partial charge in [0.05, 0.1) is 5.69 Å². The maximum absolute atomic E-state index is 4.56. The highest BCUT2D eigenvalue weighted by Gasteiger charge is 2.20.